The lowest BCUT2D eigenvalue weighted by atomic mass is 10.4. The lowest BCUT2D eigenvalue weighted by Crippen LogP contribution is -2.25. The van der Waals surface area contributed by atoms with Crippen LogP contribution in [0.25, 0.3) is 0 Å². The number of sulfonamides is 1. The predicted octanol–water partition coefficient (Wildman–Crippen LogP) is 0.726. The molecule has 0 aliphatic carbocycles. The van der Waals surface area contributed by atoms with Crippen LogP contribution < -0.4 is 4.72 Å². The first-order chi connectivity index (χ1) is 4.62. The molecule has 0 amide bonds. The average Bonchev–Trinajstić information content (AvgIpc) is 1.84. The van der Waals surface area contributed by atoms with Crippen molar-refractivity contribution in [1.82, 2.24) is 4.72 Å². The van der Waals surface area contributed by atoms with Crippen molar-refractivity contribution in [3.8, 4) is 0 Å². The van der Waals surface area contributed by atoms with E-state index in [1.807, 2.05) is 6.92 Å². The van der Waals surface area contributed by atoms with Crippen LogP contribution in [0.5, 0.6) is 0 Å². The van der Waals surface area contributed by atoms with Crippen molar-refractivity contribution in [3.05, 3.63) is 0 Å². The topological polar surface area (TPSA) is 46.2 Å². The Labute approximate surface area is 62.9 Å². The first kappa shape index (κ1) is 9.91. The quantitative estimate of drug-likeness (QED) is 0.652. The molecule has 0 rings (SSSR count). The summed E-state index contributed by atoms with van der Waals surface area (Å²) in [6.07, 6.45) is 1.67. The van der Waals surface area contributed by atoms with E-state index >= 15 is 0 Å². The van der Waals surface area contributed by atoms with E-state index in [1.165, 1.54) is 0 Å². The molecule has 0 aliphatic heterocycles. The largest absolute Gasteiger partial charge is 0.216 e. The highest BCUT2D eigenvalue weighted by Gasteiger charge is 2.05. The van der Waals surface area contributed by atoms with Crippen molar-refractivity contribution in [2.24, 2.45) is 0 Å². The monoisotopic (exact) mass is 165 g/mol. The number of rotatable bonds is 5. The second-order valence-corrected chi connectivity index (χ2v) is 4.10. The van der Waals surface area contributed by atoms with Crippen LogP contribution in [0.4, 0.5) is 0 Å². The summed E-state index contributed by atoms with van der Waals surface area (Å²) in [5, 5.41) is 0. The van der Waals surface area contributed by atoms with Gasteiger partial charge in [-0.15, -0.1) is 0 Å². The van der Waals surface area contributed by atoms with Crippen molar-refractivity contribution in [3.63, 3.8) is 0 Å². The highest BCUT2D eigenvalue weighted by atomic mass is 32.2. The molecule has 0 spiro atoms. The maximum atomic E-state index is 10.9. The average molecular weight is 165 g/mol. The Morgan fingerprint density at radius 1 is 1.30 bits per heavy atom. The van der Waals surface area contributed by atoms with E-state index in [4.69, 9.17) is 0 Å². The molecule has 0 aliphatic rings. The molecule has 0 bridgehead atoms. The molecule has 4 heteroatoms. The Balaban J connectivity index is 3.65. The Bertz CT molecular complexity index is 163. The molecule has 0 aromatic carbocycles. The summed E-state index contributed by atoms with van der Waals surface area (Å²) in [7, 11) is -2.94. The van der Waals surface area contributed by atoms with Gasteiger partial charge in [0.1, 0.15) is 0 Å². The van der Waals surface area contributed by atoms with Crippen LogP contribution in [0, 0.1) is 0 Å². The lowest BCUT2D eigenvalue weighted by molar-refractivity contribution is 0.580. The van der Waals surface area contributed by atoms with Crippen LogP contribution in [0.3, 0.4) is 0 Å². The molecule has 3 nitrogen and oxygen atoms in total. The first-order valence-electron chi connectivity index (χ1n) is 3.59. The van der Waals surface area contributed by atoms with E-state index < -0.39 is 10.0 Å². The Morgan fingerprint density at radius 2 is 1.90 bits per heavy atom. The third kappa shape index (κ3) is 4.76. The van der Waals surface area contributed by atoms with Crippen molar-refractivity contribution in [1.29, 1.82) is 0 Å². The van der Waals surface area contributed by atoms with Crippen LogP contribution >= 0.6 is 0 Å². The zero-order valence-corrected chi connectivity index (χ0v) is 7.37. The van der Waals surface area contributed by atoms with E-state index in [2.05, 4.69) is 4.72 Å². The molecule has 0 heterocycles. The maximum Gasteiger partial charge on any atom is 0.211 e. The van der Waals surface area contributed by atoms with Gasteiger partial charge in [-0.3, -0.25) is 0 Å². The molecular formula is C6H15NO2S. The smallest absolute Gasteiger partial charge is 0.211 e. The van der Waals surface area contributed by atoms with Crippen LogP contribution in [-0.2, 0) is 10.0 Å². The number of nitrogens with one attached hydrogen (secondary N) is 1. The third-order valence-corrected chi connectivity index (χ3v) is 2.69. The minimum absolute atomic E-state index is 0.261. The Morgan fingerprint density at radius 3 is 2.30 bits per heavy atom. The van der Waals surface area contributed by atoms with Crippen LogP contribution in [0.1, 0.15) is 26.7 Å². The van der Waals surface area contributed by atoms with E-state index in [9.17, 15) is 8.42 Å². The zero-order chi connectivity index (χ0) is 8.04. The van der Waals surface area contributed by atoms with Gasteiger partial charge in [0.15, 0.2) is 0 Å². The molecule has 0 unspecified atom stereocenters. The molecular weight excluding hydrogens is 150 g/mol. The minimum Gasteiger partial charge on any atom is -0.216 e. The molecule has 0 atom stereocenters. The molecule has 0 radical (unpaired) electrons. The first-order valence-corrected chi connectivity index (χ1v) is 5.25. The fraction of sp³-hybridized carbons (Fsp3) is 1.00. The summed E-state index contributed by atoms with van der Waals surface area (Å²) < 4.78 is 24.2. The summed E-state index contributed by atoms with van der Waals surface area (Å²) in [6.45, 7) is 4.25. The highest BCUT2D eigenvalue weighted by Crippen LogP contribution is 1.92. The van der Waals surface area contributed by atoms with Gasteiger partial charge in [-0.05, 0) is 6.42 Å². The van der Waals surface area contributed by atoms with E-state index in [1.54, 1.807) is 6.92 Å². The Kier molecular flexibility index (Phi) is 4.64. The zero-order valence-electron chi connectivity index (χ0n) is 6.55. The number of hydrogen-bond donors (Lipinski definition) is 1. The molecule has 0 fully saturated rings. The van der Waals surface area contributed by atoms with Gasteiger partial charge in [0.25, 0.3) is 0 Å². The van der Waals surface area contributed by atoms with Crippen LogP contribution in [0.2, 0.25) is 0 Å². The molecule has 62 valence electrons. The summed E-state index contributed by atoms with van der Waals surface area (Å²) in [6, 6.07) is 0. The summed E-state index contributed by atoms with van der Waals surface area (Å²) in [4.78, 5) is 0. The predicted molar refractivity (Wildman–Crippen MR) is 42.4 cm³/mol. The van der Waals surface area contributed by atoms with Gasteiger partial charge >= 0.3 is 0 Å². The summed E-state index contributed by atoms with van der Waals surface area (Å²) in [5.74, 6) is 0.261. The number of hydrogen-bond acceptors (Lipinski definition) is 2. The molecule has 0 saturated heterocycles. The lowest BCUT2D eigenvalue weighted by Gasteiger charge is -2.01. The fourth-order valence-corrected chi connectivity index (χ4v) is 1.88. The van der Waals surface area contributed by atoms with Gasteiger partial charge in [0, 0.05) is 6.54 Å². The van der Waals surface area contributed by atoms with Crippen molar-refractivity contribution in [2.75, 3.05) is 12.3 Å². The summed E-state index contributed by atoms with van der Waals surface area (Å²) in [5.41, 5.74) is 0. The molecule has 1 N–H and O–H groups in total. The molecule has 10 heavy (non-hydrogen) atoms. The highest BCUT2D eigenvalue weighted by molar-refractivity contribution is 7.89. The van der Waals surface area contributed by atoms with E-state index in [0.717, 1.165) is 12.8 Å². The summed E-state index contributed by atoms with van der Waals surface area (Å²) >= 11 is 0. The second-order valence-electron chi connectivity index (χ2n) is 2.17. The van der Waals surface area contributed by atoms with E-state index in [-0.39, 0.29) is 5.75 Å². The van der Waals surface area contributed by atoms with E-state index in [0.29, 0.717) is 6.54 Å². The minimum atomic E-state index is -2.94. The second kappa shape index (κ2) is 4.68. The van der Waals surface area contributed by atoms with Crippen molar-refractivity contribution >= 4 is 10.0 Å². The van der Waals surface area contributed by atoms with Crippen LogP contribution in [-0.4, -0.2) is 20.7 Å². The molecule has 0 aromatic rings. The van der Waals surface area contributed by atoms with Gasteiger partial charge in [-0.2, -0.15) is 0 Å². The van der Waals surface area contributed by atoms with Gasteiger partial charge in [-0.25, -0.2) is 13.1 Å². The SMILES string of the molecule is CCCCS(=O)(=O)NCC. The maximum absolute atomic E-state index is 10.9. The van der Waals surface area contributed by atoms with Crippen molar-refractivity contribution in [2.45, 2.75) is 26.7 Å². The van der Waals surface area contributed by atoms with Gasteiger partial charge in [0.05, 0.1) is 5.75 Å². The van der Waals surface area contributed by atoms with Crippen LogP contribution in [0.15, 0.2) is 0 Å². The molecule has 0 saturated carbocycles. The van der Waals surface area contributed by atoms with Gasteiger partial charge in [0.2, 0.25) is 10.0 Å². The van der Waals surface area contributed by atoms with Gasteiger partial charge < -0.3 is 0 Å². The number of unbranched alkanes of at least 4 members (excludes halogenated alkanes) is 1. The standard InChI is InChI=1S/C6H15NO2S/c1-3-5-6-10(8,9)7-4-2/h7H,3-6H2,1-2H3. The van der Waals surface area contributed by atoms with Gasteiger partial charge in [-0.1, -0.05) is 20.3 Å². The van der Waals surface area contributed by atoms with Crippen molar-refractivity contribution < 1.29 is 8.42 Å². The third-order valence-electron chi connectivity index (χ3n) is 1.13. The Hall–Kier alpha value is -0.0900. The normalized spacial score (nSPS) is 11.8. The molecule has 0 aromatic heterocycles. The fourth-order valence-electron chi connectivity index (χ4n) is 0.626.